The van der Waals surface area contributed by atoms with Crippen molar-refractivity contribution < 1.29 is 12.8 Å². The third-order valence-corrected chi connectivity index (χ3v) is 8.82. The highest BCUT2D eigenvalue weighted by atomic mass is 32.2. The van der Waals surface area contributed by atoms with Gasteiger partial charge in [-0.15, -0.1) is 4.90 Å². The molecule has 7 heteroatoms. The van der Waals surface area contributed by atoms with Crippen molar-refractivity contribution in [3.63, 3.8) is 0 Å². The van der Waals surface area contributed by atoms with E-state index in [1.54, 1.807) is 12.1 Å². The normalized spacial score (nSPS) is 23.0. The van der Waals surface area contributed by atoms with Gasteiger partial charge in [0, 0.05) is 32.5 Å². The molecule has 5 nitrogen and oxygen atoms in total. The van der Waals surface area contributed by atoms with Crippen LogP contribution in [-0.4, -0.2) is 46.8 Å². The van der Waals surface area contributed by atoms with E-state index < -0.39 is 15.7 Å². The summed E-state index contributed by atoms with van der Waals surface area (Å²) in [6.45, 7) is 6.14. The molecule has 0 saturated carbocycles. The van der Waals surface area contributed by atoms with Gasteiger partial charge in [-0.1, -0.05) is 25.0 Å². The summed E-state index contributed by atoms with van der Waals surface area (Å²) < 4.78 is 39.6. The van der Waals surface area contributed by atoms with E-state index in [4.69, 9.17) is 0 Å². The van der Waals surface area contributed by atoms with Gasteiger partial charge in [0.25, 0.3) is 0 Å². The van der Waals surface area contributed by atoms with Crippen LogP contribution in [0.2, 0.25) is 0 Å². The number of fused-ring (bicyclic) bond motifs is 1. The van der Waals surface area contributed by atoms with E-state index in [2.05, 4.69) is 22.0 Å². The maximum Gasteiger partial charge on any atom is 0.208 e. The van der Waals surface area contributed by atoms with Crippen molar-refractivity contribution in [2.45, 2.75) is 73.9 Å². The summed E-state index contributed by atoms with van der Waals surface area (Å²) >= 11 is 0. The lowest BCUT2D eigenvalue weighted by Gasteiger charge is -2.35. The number of rotatable bonds is 5. The Morgan fingerprint density at radius 2 is 1.67 bits per heavy atom. The zero-order valence-corrected chi connectivity index (χ0v) is 20.3. The first-order valence-electron chi connectivity index (χ1n) is 12.3. The minimum Gasteiger partial charge on any atom is -0.318 e. The van der Waals surface area contributed by atoms with Gasteiger partial charge in [-0.3, -0.25) is 0 Å². The van der Waals surface area contributed by atoms with E-state index in [9.17, 15) is 12.8 Å². The second kappa shape index (κ2) is 11.0. The Balaban J connectivity index is 0.000000318. The fraction of sp³-hybridized carbons (Fsp3) is 0.538. The third kappa shape index (κ3) is 5.42. The van der Waals surface area contributed by atoms with Gasteiger partial charge in [0.2, 0.25) is 16.0 Å². The van der Waals surface area contributed by atoms with Gasteiger partial charge in [-0.05, 0) is 56.2 Å². The molecule has 2 aromatic carbocycles. The monoisotopic (exact) mass is 472 g/mol. The number of nitrogens with zero attached hydrogens (tertiary/aromatic N) is 3. The molecule has 2 atom stereocenters. The number of para-hydroxylation sites is 1. The second-order valence-electron chi connectivity index (χ2n) is 9.03. The first-order chi connectivity index (χ1) is 16.0. The number of benzene rings is 2. The van der Waals surface area contributed by atoms with Gasteiger partial charge in [-0.2, -0.15) is 0 Å². The zero-order valence-electron chi connectivity index (χ0n) is 19.5. The molecule has 2 radical (unpaired) electrons. The molecule has 0 amide bonds. The third-order valence-electron chi connectivity index (χ3n) is 7.00. The van der Waals surface area contributed by atoms with Crippen LogP contribution in [0.1, 0.15) is 51.9 Å². The summed E-state index contributed by atoms with van der Waals surface area (Å²) in [6, 6.07) is 12.8. The number of hydrogen-bond acceptors (Lipinski definition) is 4. The highest BCUT2D eigenvalue weighted by Gasteiger charge is 2.52. The van der Waals surface area contributed by atoms with Crippen LogP contribution in [0.3, 0.4) is 0 Å². The van der Waals surface area contributed by atoms with E-state index >= 15 is 0 Å². The fourth-order valence-corrected chi connectivity index (χ4v) is 6.59. The predicted molar refractivity (Wildman–Crippen MR) is 130 cm³/mol. The van der Waals surface area contributed by atoms with Crippen molar-refractivity contribution >= 4 is 15.5 Å². The second-order valence-corrected chi connectivity index (χ2v) is 11.0. The van der Waals surface area contributed by atoms with Crippen molar-refractivity contribution in [3.05, 3.63) is 54.3 Å². The maximum absolute atomic E-state index is 13.2. The lowest BCUT2D eigenvalue weighted by atomic mass is 10.1. The zero-order chi connectivity index (χ0) is 23.3. The van der Waals surface area contributed by atoms with Crippen LogP contribution in [-0.2, 0) is 9.84 Å². The smallest absolute Gasteiger partial charge is 0.208 e. The van der Waals surface area contributed by atoms with Gasteiger partial charge in [0.05, 0.1) is 21.9 Å². The fourth-order valence-electron chi connectivity index (χ4n) is 5.12. The molecule has 3 fully saturated rings. The molecule has 3 aliphatic rings. The van der Waals surface area contributed by atoms with Crippen molar-refractivity contribution in [1.82, 2.24) is 10.2 Å². The molecular weight excluding hydrogens is 437 g/mol. The van der Waals surface area contributed by atoms with Crippen LogP contribution >= 0.6 is 0 Å². The minimum atomic E-state index is -3.71. The molecule has 5 rings (SSSR count). The van der Waals surface area contributed by atoms with Crippen LogP contribution in [0.5, 0.6) is 0 Å². The molecule has 0 aliphatic carbocycles. The van der Waals surface area contributed by atoms with Crippen molar-refractivity contribution in [1.29, 1.82) is 0 Å². The Bertz CT molecular complexity index is 993. The summed E-state index contributed by atoms with van der Waals surface area (Å²) in [6.07, 6.45) is 9.21. The highest BCUT2D eigenvalue weighted by Crippen LogP contribution is 2.38. The largest absolute Gasteiger partial charge is 0.318 e. The molecule has 2 aromatic rings. The number of halogens is 1. The molecule has 3 aliphatic heterocycles. The van der Waals surface area contributed by atoms with Crippen LogP contribution in [0.25, 0.3) is 0 Å². The SMILES string of the molecule is C1CCC[N]CC1.CCN(c1ccccc1S(=O)(=O)c1ccc(F)cc1)C1CCC2CC[N+]21. The van der Waals surface area contributed by atoms with Crippen molar-refractivity contribution in [2.24, 2.45) is 0 Å². The maximum atomic E-state index is 13.2. The van der Waals surface area contributed by atoms with Gasteiger partial charge in [0.1, 0.15) is 18.4 Å². The van der Waals surface area contributed by atoms with E-state index in [0.717, 1.165) is 38.3 Å². The molecule has 3 saturated heterocycles. The Hall–Kier alpha value is -1.96. The van der Waals surface area contributed by atoms with Gasteiger partial charge >= 0.3 is 0 Å². The van der Waals surface area contributed by atoms with Crippen molar-refractivity contribution in [2.75, 3.05) is 31.1 Å². The first-order valence-corrected chi connectivity index (χ1v) is 13.8. The number of hydrogen-bond donors (Lipinski definition) is 0. The molecule has 0 aromatic heterocycles. The Labute approximate surface area is 197 Å². The Morgan fingerprint density at radius 3 is 2.27 bits per heavy atom. The average Bonchev–Trinajstić information content (AvgIpc) is 2.99. The first kappa shape index (κ1) is 24.2. The number of sulfone groups is 1. The summed E-state index contributed by atoms with van der Waals surface area (Å²) in [7, 11) is -3.71. The van der Waals surface area contributed by atoms with Crippen LogP contribution < -0.4 is 15.1 Å². The Morgan fingerprint density at radius 1 is 0.970 bits per heavy atom. The molecule has 33 heavy (non-hydrogen) atoms. The number of anilines is 1. The molecule has 3 heterocycles. The average molecular weight is 473 g/mol. The topological polar surface area (TPSA) is 57.4 Å². The van der Waals surface area contributed by atoms with Gasteiger partial charge < -0.3 is 4.90 Å². The lowest BCUT2D eigenvalue weighted by Crippen LogP contribution is -2.58. The lowest BCUT2D eigenvalue weighted by molar-refractivity contribution is 0.206. The molecule has 0 bridgehead atoms. The minimum absolute atomic E-state index is 0.121. The molecule has 0 N–H and O–H groups in total. The van der Waals surface area contributed by atoms with E-state index in [0.29, 0.717) is 6.04 Å². The highest BCUT2D eigenvalue weighted by molar-refractivity contribution is 7.91. The molecule has 0 spiro atoms. The van der Waals surface area contributed by atoms with Crippen LogP contribution in [0, 0.1) is 5.82 Å². The molecule has 2 unspecified atom stereocenters. The van der Waals surface area contributed by atoms with E-state index in [1.165, 1.54) is 62.8 Å². The van der Waals surface area contributed by atoms with Crippen LogP contribution in [0.4, 0.5) is 10.1 Å². The standard InChI is InChI=1S/C20H23FN2O2S.C6H12N/c1-2-22(20-12-9-16-13-14-23(16)20)18-5-3-4-6-19(18)26(24,25)17-10-7-15(21)8-11-17;1-2-4-6-7-5-3-1/h3-8,10-11,16,20H,2,9,12-14H2,1H3;1-6H2/q+1;. The van der Waals surface area contributed by atoms with Crippen molar-refractivity contribution in [3.8, 4) is 0 Å². The molecular formula is C26H35FN3O2S+. The Kier molecular flexibility index (Phi) is 8.04. The predicted octanol–water partition coefficient (Wildman–Crippen LogP) is 4.68. The quantitative estimate of drug-likeness (QED) is 0.469. The van der Waals surface area contributed by atoms with E-state index in [1.807, 2.05) is 12.1 Å². The van der Waals surface area contributed by atoms with Crippen LogP contribution in [0.15, 0.2) is 58.3 Å². The summed E-state index contributed by atoms with van der Waals surface area (Å²) in [5.41, 5.74) is 0.733. The summed E-state index contributed by atoms with van der Waals surface area (Å²) in [5.74, 6) is -0.442. The van der Waals surface area contributed by atoms with Gasteiger partial charge in [0.15, 0.2) is 0 Å². The summed E-state index contributed by atoms with van der Waals surface area (Å²) in [5, 5.41) is 4.27. The van der Waals surface area contributed by atoms with Gasteiger partial charge in [-0.25, -0.2) is 18.1 Å². The summed E-state index contributed by atoms with van der Waals surface area (Å²) in [4.78, 5) is 5.09. The van der Waals surface area contributed by atoms with E-state index in [-0.39, 0.29) is 16.0 Å². The molecule has 178 valence electrons.